The standard InChI is InChI=1S/C16H14N4/c1-18-10-12-6-7-16(14(8-12)9-17)20-15-5-3-2-4-13(15)11-19-20/h2-8,11,18H,10H2,1H3. The number of aromatic nitrogens is 2. The van der Waals surface area contributed by atoms with Gasteiger partial charge in [0.25, 0.3) is 0 Å². The van der Waals surface area contributed by atoms with Crippen molar-refractivity contribution in [3.8, 4) is 11.8 Å². The first-order chi connectivity index (χ1) is 9.83. The molecule has 3 rings (SSSR count). The van der Waals surface area contributed by atoms with Crippen LogP contribution in [0.1, 0.15) is 11.1 Å². The van der Waals surface area contributed by atoms with Crippen LogP contribution in [0, 0.1) is 11.3 Å². The molecule has 0 saturated carbocycles. The third kappa shape index (κ3) is 2.04. The molecular weight excluding hydrogens is 248 g/mol. The van der Waals surface area contributed by atoms with Crippen molar-refractivity contribution < 1.29 is 0 Å². The van der Waals surface area contributed by atoms with Gasteiger partial charge in [-0.1, -0.05) is 24.3 Å². The van der Waals surface area contributed by atoms with Crippen LogP contribution in [0.3, 0.4) is 0 Å². The molecule has 0 amide bonds. The van der Waals surface area contributed by atoms with Gasteiger partial charge in [0.1, 0.15) is 6.07 Å². The second-order valence-electron chi connectivity index (χ2n) is 4.61. The minimum absolute atomic E-state index is 0.631. The fourth-order valence-corrected chi connectivity index (χ4v) is 2.34. The second kappa shape index (κ2) is 5.16. The molecule has 20 heavy (non-hydrogen) atoms. The molecule has 0 aliphatic carbocycles. The molecule has 0 unspecified atom stereocenters. The summed E-state index contributed by atoms with van der Waals surface area (Å²) >= 11 is 0. The summed E-state index contributed by atoms with van der Waals surface area (Å²) in [5.74, 6) is 0. The molecule has 4 nitrogen and oxygen atoms in total. The predicted molar refractivity (Wildman–Crippen MR) is 78.5 cm³/mol. The molecule has 98 valence electrons. The smallest absolute Gasteiger partial charge is 0.101 e. The van der Waals surface area contributed by atoms with E-state index in [1.807, 2.05) is 60.4 Å². The Kier molecular flexibility index (Phi) is 3.20. The number of hydrogen-bond donors (Lipinski definition) is 1. The van der Waals surface area contributed by atoms with Crippen molar-refractivity contribution in [3.63, 3.8) is 0 Å². The molecule has 2 aromatic carbocycles. The van der Waals surface area contributed by atoms with Crippen LogP contribution in [0.15, 0.2) is 48.7 Å². The molecule has 1 aromatic heterocycles. The first-order valence-corrected chi connectivity index (χ1v) is 6.44. The first-order valence-electron chi connectivity index (χ1n) is 6.44. The summed E-state index contributed by atoms with van der Waals surface area (Å²) in [6.07, 6.45) is 1.82. The number of fused-ring (bicyclic) bond motifs is 1. The average Bonchev–Trinajstić information content (AvgIpc) is 2.91. The van der Waals surface area contributed by atoms with E-state index in [0.717, 1.165) is 28.7 Å². The Morgan fingerprint density at radius 2 is 2.10 bits per heavy atom. The molecule has 0 aliphatic rings. The van der Waals surface area contributed by atoms with Gasteiger partial charge in [0, 0.05) is 11.9 Å². The maximum absolute atomic E-state index is 9.37. The summed E-state index contributed by atoms with van der Waals surface area (Å²) < 4.78 is 1.82. The predicted octanol–water partition coefficient (Wildman–Crippen LogP) is 2.62. The molecule has 1 N–H and O–H groups in total. The minimum atomic E-state index is 0.631. The molecule has 0 spiro atoms. The van der Waals surface area contributed by atoms with Crippen LogP contribution < -0.4 is 5.32 Å². The van der Waals surface area contributed by atoms with E-state index in [1.165, 1.54) is 0 Å². The van der Waals surface area contributed by atoms with E-state index in [-0.39, 0.29) is 0 Å². The Morgan fingerprint density at radius 1 is 1.25 bits per heavy atom. The Bertz CT molecular complexity index is 796. The van der Waals surface area contributed by atoms with Crippen molar-refractivity contribution in [2.75, 3.05) is 7.05 Å². The summed E-state index contributed by atoms with van der Waals surface area (Å²) in [6, 6.07) is 16.1. The van der Waals surface area contributed by atoms with Crippen molar-refractivity contribution in [1.82, 2.24) is 15.1 Å². The molecule has 1 heterocycles. The quantitative estimate of drug-likeness (QED) is 0.789. The lowest BCUT2D eigenvalue weighted by Crippen LogP contribution is -2.06. The van der Waals surface area contributed by atoms with Crippen LogP contribution in [0.5, 0.6) is 0 Å². The molecule has 3 aromatic rings. The van der Waals surface area contributed by atoms with Gasteiger partial charge in [0.15, 0.2) is 0 Å². The molecule has 0 radical (unpaired) electrons. The Labute approximate surface area is 117 Å². The van der Waals surface area contributed by atoms with Crippen molar-refractivity contribution in [2.24, 2.45) is 0 Å². The van der Waals surface area contributed by atoms with Crippen LogP contribution in [0.25, 0.3) is 16.6 Å². The topological polar surface area (TPSA) is 53.6 Å². The zero-order chi connectivity index (χ0) is 13.9. The number of nitrogens with zero attached hydrogens (tertiary/aromatic N) is 3. The third-order valence-electron chi connectivity index (χ3n) is 3.27. The number of nitrogens with one attached hydrogen (secondary N) is 1. The second-order valence-corrected chi connectivity index (χ2v) is 4.61. The van der Waals surface area contributed by atoms with Gasteiger partial charge < -0.3 is 5.32 Å². The number of rotatable bonds is 3. The van der Waals surface area contributed by atoms with Crippen LogP contribution in [0.2, 0.25) is 0 Å². The van der Waals surface area contributed by atoms with E-state index in [4.69, 9.17) is 0 Å². The van der Waals surface area contributed by atoms with Crippen LogP contribution in [-0.2, 0) is 6.54 Å². The zero-order valence-electron chi connectivity index (χ0n) is 11.2. The maximum atomic E-state index is 9.37. The molecule has 0 bridgehead atoms. The van der Waals surface area contributed by atoms with Gasteiger partial charge in [-0.15, -0.1) is 0 Å². The van der Waals surface area contributed by atoms with Gasteiger partial charge >= 0.3 is 0 Å². The van der Waals surface area contributed by atoms with Gasteiger partial charge in [0.2, 0.25) is 0 Å². The van der Waals surface area contributed by atoms with Crippen molar-refractivity contribution in [3.05, 3.63) is 59.8 Å². The molecule has 0 atom stereocenters. The molecule has 0 fully saturated rings. The average molecular weight is 262 g/mol. The van der Waals surface area contributed by atoms with Crippen LogP contribution >= 0.6 is 0 Å². The SMILES string of the molecule is CNCc1ccc(-n2ncc3ccccc32)c(C#N)c1. The van der Waals surface area contributed by atoms with Crippen LogP contribution in [0.4, 0.5) is 0 Å². The number of hydrogen-bond acceptors (Lipinski definition) is 3. The van der Waals surface area contributed by atoms with E-state index in [1.54, 1.807) is 0 Å². The van der Waals surface area contributed by atoms with E-state index in [2.05, 4.69) is 16.5 Å². The molecule has 0 aliphatic heterocycles. The van der Waals surface area contributed by atoms with Crippen LogP contribution in [-0.4, -0.2) is 16.8 Å². The zero-order valence-corrected chi connectivity index (χ0v) is 11.2. The van der Waals surface area contributed by atoms with E-state index in [0.29, 0.717) is 5.56 Å². The number of nitriles is 1. The Morgan fingerprint density at radius 3 is 2.90 bits per heavy atom. The van der Waals surface area contributed by atoms with E-state index >= 15 is 0 Å². The highest BCUT2D eigenvalue weighted by atomic mass is 15.3. The van der Waals surface area contributed by atoms with Crippen molar-refractivity contribution in [2.45, 2.75) is 6.54 Å². The van der Waals surface area contributed by atoms with Gasteiger partial charge in [-0.2, -0.15) is 10.4 Å². The fraction of sp³-hybridized carbons (Fsp3) is 0.125. The lowest BCUT2D eigenvalue weighted by molar-refractivity contribution is 0.815. The van der Waals surface area contributed by atoms with E-state index in [9.17, 15) is 5.26 Å². The summed E-state index contributed by atoms with van der Waals surface area (Å²) in [6.45, 7) is 0.745. The van der Waals surface area contributed by atoms with Crippen molar-refractivity contribution in [1.29, 1.82) is 5.26 Å². The maximum Gasteiger partial charge on any atom is 0.101 e. The molecular formula is C16H14N4. The largest absolute Gasteiger partial charge is 0.316 e. The summed E-state index contributed by atoms with van der Waals surface area (Å²) in [4.78, 5) is 0. The van der Waals surface area contributed by atoms with Gasteiger partial charge in [0.05, 0.1) is 23.0 Å². The Hall–Kier alpha value is -2.64. The highest BCUT2D eigenvalue weighted by molar-refractivity contribution is 5.80. The summed E-state index contributed by atoms with van der Waals surface area (Å²) in [5, 5.41) is 17.9. The summed E-state index contributed by atoms with van der Waals surface area (Å²) in [7, 11) is 1.89. The first kappa shape index (κ1) is 12.4. The normalized spacial score (nSPS) is 10.6. The van der Waals surface area contributed by atoms with Gasteiger partial charge in [-0.05, 0) is 30.8 Å². The third-order valence-corrected chi connectivity index (χ3v) is 3.27. The van der Waals surface area contributed by atoms with Crippen molar-refractivity contribution >= 4 is 10.9 Å². The van der Waals surface area contributed by atoms with E-state index < -0.39 is 0 Å². The fourth-order valence-electron chi connectivity index (χ4n) is 2.34. The highest BCUT2D eigenvalue weighted by Gasteiger charge is 2.09. The summed E-state index contributed by atoms with van der Waals surface area (Å²) in [5.41, 5.74) is 3.54. The number of benzene rings is 2. The lowest BCUT2D eigenvalue weighted by atomic mass is 10.1. The van der Waals surface area contributed by atoms with Gasteiger partial charge in [-0.25, -0.2) is 4.68 Å². The van der Waals surface area contributed by atoms with Gasteiger partial charge in [-0.3, -0.25) is 0 Å². The molecule has 0 saturated heterocycles. The highest BCUT2D eigenvalue weighted by Crippen LogP contribution is 2.21. The number of para-hydroxylation sites is 1. The molecule has 4 heteroatoms. The lowest BCUT2D eigenvalue weighted by Gasteiger charge is -2.08. The monoisotopic (exact) mass is 262 g/mol. The minimum Gasteiger partial charge on any atom is -0.316 e. The Balaban J connectivity index is 2.17.